The Morgan fingerprint density at radius 2 is 2.14 bits per heavy atom. The summed E-state index contributed by atoms with van der Waals surface area (Å²) in [5.74, 6) is 1.34. The van der Waals surface area contributed by atoms with Gasteiger partial charge < -0.3 is 10.2 Å². The van der Waals surface area contributed by atoms with Gasteiger partial charge in [0.15, 0.2) is 0 Å². The van der Waals surface area contributed by atoms with E-state index in [1.165, 1.54) is 56.0 Å². The van der Waals surface area contributed by atoms with Crippen molar-refractivity contribution in [1.29, 1.82) is 0 Å². The van der Waals surface area contributed by atoms with Crippen LogP contribution in [0.3, 0.4) is 0 Å². The van der Waals surface area contributed by atoms with Crippen LogP contribution in [-0.2, 0) is 13.6 Å². The van der Waals surface area contributed by atoms with Crippen molar-refractivity contribution in [1.82, 2.24) is 20.0 Å². The minimum atomic E-state index is 0.755. The molecule has 0 spiro atoms. The Hall–Kier alpha value is -1.07. The van der Waals surface area contributed by atoms with Gasteiger partial charge in [0, 0.05) is 44.8 Å². The molecule has 1 unspecified atom stereocenters. The molecule has 0 aliphatic carbocycles. The topological polar surface area (TPSA) is 36.3 Å². The molecule has 0 aromatic carbocycles. The Morgan fingerprint density at radius 3 is 2.95 bits per heavy atom. The number of hydrogen-bond acceptors (Lipinski definition) is 4. The number of nitrogens with zero attached hydrogens (tertiary/aromatic N) is 4. The van der Waals surface area contributed by atoms with Gasteiger partial charge in [-0.05, 0) is 39.3 Å². The van der Waals surface area contributed by atoms with E-state index in [0.717, 1.165) is 25.7 Å². The zero-order valence-electron chi connectivity index (χ0n) is 13.7. The molecule has 0 bridgehead atoms. The number of anilines is 1. The Bertz CT molecular complexity index is 481. The average molecular weight is 291 g/mol. The second-order valence-electron chi connectivity index (χ2n) is 6.47. The summed E-state index contributed by atoms with van der Waals surface area (Å²) in [6, 6.07) is 0.755. The number of aryl methyl sites for hydroxylation is 2. The quantitative estimate of drug-likeness (QED) is 0.834. The molecule has 2 fully saturated rings. The van der Waals surface area contributed by atoms with Gasteiger partial charge in [-0.2, -0.15) is 5.10 Å². The third kappa shape index (κ3) is 2.94. The summed E-state index contributed by atoms with van der Waals surface area (Å²) in [5, 5.41) is 8.21. The van der Waals surface area contributed by atoms with E-state index in [9.17, 15) is 0 Å². The lowest BCUT2D eigenvalue weighted by Crippen LogP contribution is -2.51. The van der Waals surface area contributed by atoms with Crippen molar-refractivity contribution < 1.29 is 0 Å². The molecule has 118 valence electrons. The van der Waals surface area contributed by atoms with Gasteiger partial charge >= 0.3 is 0 Å². The average Bonchev–Trinajstić information content (AvgIpc) is 3.03. The van der Waals surface area contributed by atoms with Gasteiger partial charge in [0.2, 0.25) is 0 Å². The van der Waals surface area contributed by atoms with E-state index in [2.05, 4.69) is 45.8 Å². The Morgan fingerprint density at radius 1 is 1.29 bits per heavy atom. The largest absolute Gasteiger partial charge is 0.354 e. The summed E-state index contributed by atoms with van der Waals surface area (Å²) < 4.78 is 2.09. The minimum Gasteiger partial charge on any atom is -0.354 e. The zero-order valence-corrected chi connectivity index (χ0v) is 13.7. The highest BCUT2D eigenvalue weighted by Gasteiger charge is 2.32. The number of aromatic nitrogens is 2. The predicted octanol–water partition coefficient (Wildman–Crippen LogP) is 1.51. The van der Waals surface area contributed by atoms with E-state index >= 15 is 0 Å². The molecule has 2 saturated heterocycles. The van der Waals surface area contributed by atoms with Crippen LogP contribution < -0.4 is 10.2 Å². The molecule has 1 atom stereocenters. The summed E-state index contributed by atoms with van der Waals surface area (Å²) in [6.07, 6.45) is 3.90. The normalized spacial score (nSPS) is 22.8. The summed E-state index contributed by atoms with van der Waals surface area (Å²) in [7, 11) is 2.09. The van der Waals surface area contributed by atoms with Crippen molar-refractivity contribution in [2.45, 2.75) is 45.7 Å². The van der Waals surface area contributed by atoms with E-state index in [0.29, 0.717) is 0 Å². The molecular formula is C16H29N5. The lowest BCUT2D eigenvalue weighted by molar-refractivity contribution is 0.229. The van der Waals surface area contributed by atoms with Crippen LogP contribution in [-0.4, -0.2) is 53.4 Å². The second kappa shape index (κ2) is 6.36. The van der Waals surface area contributed by atoms with Gasteiger partial charge in [-0.3, -0.25) is 9.58 Å². The fraction of sp³-hybridized carbons (Fsp3) is 0.812. The molecule has 0 radical (unpaired) electrons. The first-order chi connectivity index (χ1) is 10.2. The van der Waals surface area contributed by atoms with Crippen LogP contribution in [0.2, 0.25) is 0 Å². The minimum absolute atomic E-state index is 0.755. The van der Waals surface area contributed by atoms with E-state index in [1.54, 1.807) is 0 Å². The molecule has 2 aliphatic rings. The van der Waals surface area contributed by atoms with Crippen molar-refractivity contribution in [3.63, 3.8) is 0 Å². The van der Waals surface area contributed by atoms with E-state index in [4.69, 9.17) is 0 Å². The van der Waals surface area contributed by atoms with Gasteiger partial charge in [-0.1, -0.05) is 6.92 Å². The van der Waals surface area contributed by atoms with E-state index in [1.807, 2.05) is 0 Å². The number of piperazine rings is 1. The van der Waals surface area contributed by atoms with E-state index < -0.39 is 0 Å². The first kappa shape index (κ1) is 14.9. The highest BCUT2D eigenvalue weighted by molar-refractivity contribution is 5.51. The lowest BCUT2D eigenvalue weighted by atomic mass is 10.1. The molecule has 1 aromatic rings. The number of fused-ring (bicyclic) bond motifs is 1. The van der Waals surface area contributed by atoms with Crippen LogP contribution in [0.15, 0.2) is 0 Å². The predicted molar refractivity (Wildman–Crippen MR) is 86.8 cm³/mol. The van der Waals surface area contributed by atoms with Gasteiger partial charge in [-0.15, -0.1) is 0 Å². The molecule has 3 rings (SSSR count). The Kier molecular flexibility index (Phi) is 4.50. The third-order valence-electron chi connectivity index (χ3n) is 4.93. The SMILES string of the molecule is CCCNCc1c(C)nn(C)c1N1CCN2CCCC2C1. The van der Waals surface area contributed by atoms with Crippen LogP contribution in [0, 0.1) is 6.92 Å². The molecule has 2 aliphatic heterocycles. The number of nitrogens with one attached hydrogen (secondary N) is 1. The fourth-order valence-corrected chi connectivity index (χ4v) is 3.87. The van der Waals surface area contributed by atoms with Crippen molar-refractivity contribution in [2.75, 3.05) is 37.6 Å². The Labute approximate surface area is 128 Å². The standard InChI is InChI=1S/C16H29N5/c1-4-7-17-11-15-13(2)18-19(3)16(15)21-10-9-20-8-5-6-14(20)12-21/h14,17H,4-12H2,1-3H3. The maximum atomic E-state index is 4.67. The van der Waals surface area contributed by atoms with E-state index in [-0.39, 0.29) is 0 Å². The molecule has 1 N–H and O–H groups in total. The summed E-state index contributed by atoms with van der Waals surface area (Å²) in [5.41, 5.74) is 2.56. The van der Waals surface area contributed by atoms with Crippen LogP contribution in [0.1, 0.15) is 37.4 Å². The fourth-order valence-electron chi connectivity index (χ4n) is 3.87. The van der Waals surface area contributed by atoms with Gasteiger partial charge in [-0.25, -0.2) is 0 Å². The number of hydrogen-bond donors (Lipinski definition) is 1. The highest BCUT2D eigenvalue weighted by atomic mass is 15.4. The summed E-state index contributed by atoms with van der Waals surface area (Å²) in [4.78, 5) is 5.23. The third-order valence-corrected chi connectivity index (χ3v) is 4.93. The molecular weight excluding hydrogens is 262 g/mol. The summed E-state index contributed by atoms with van der Waals surface area (Å²) >= 11 is 0. The zero-order chi connectivity index (χ0) is 14.8. The van der Waals surface area contributed by atoms with Crippen molar-refractivity contribution in [3.05, 3.63) is 11.3 Å². The molecule has 0 saturated carbocycles. The molecule has 5 nitrogen and oxygen atoms in total. The molecule has 1 aromatic heterocycles. The smallest absolute Gasteiger partial charge is 0.131 e. The highest BCUT2D eigenvalue weighted by Crippen LogP contribution is 2.28. The maximum Gasteiger partial charge on any atom is 0.131 e. The van der Waals surface area contributed by atoms with Gasteiger partial charge in [0.25, 0.3) is 0 Å². The van der Waals surface area contributed by atoms with Gasteiger partial charge in [0.05, 0.1) is 5.69 Å². The van der Waals surface area contributed by atoms with Crippen molar-refractivity contribution >= 4 is 5.82 Å². The molecule has 3 heterocycles. The van der Waals surface area contributed by atoms with Crippen molar-refractivity contribution in [3.8, 4) is 0 Å². The monoisotopic (exact) mass is 291 g/mol. The van der Waals surface area contributed by atoms with Crippen LogP contribution in [0.4, 0.5) is 5.82 Å². The molecule has 5 heteroatoms. The lowest BCUT2D eigenvalue weighted by Gasteiger charge is -2.39. The van der Waals surface area contributed by atoms with Crippen LogP contribution in [0.25, 0.3) is 0 Å². The van der Waals surface area contributed by atoms with Crippen LogP contribution in [0.5, 0.6) is 0 Å². The first-order valence-electron chi connectivity index (χ1n) is 8.43. The first-order valence-corrected chi connectivity index (χ1v) is 8.43. The molecule has 0 amide bonds. The summed E-state index contributed by atoms with van der Waals surface area (Å²) in [6.45, 7) is 11.2. The van der Waals surface area contributed by atoms with Crippen molar-refractivity contribution in [2.24, 2.45) is 7.05 Å². The van der Waals surface area contributed by atoms with Crippen LogP contribution >= 0.6 is 0 Å². The molecule has 21 heavy (non-hydrogen) atoms. The number of rotatable bonds is 5. The maximum absolute atomic E-state index is 4.67. The Balaban J connectivity index is 1.77. The second-order valence-corrected chi connectivity index (χ2v) is 6.47. The van der Waals surface area contributed by atoms with Gasteiger partial charge in [0.1, 0.15) is 5.82 Å².